The van der Waals surface area contributed by atoms with Crippen LogP contribution in [0.3, 0.4) is 0 Å². The molecular formula is C28H37F3N2O5. The lowest BCUT2D eigenvalue weighted by atomic mass is 9.96. The number of nitrogens with one attached hydrogen (secondary N) is 1. The maximum atomic E-state index is 12.9. The number of aliphatic carboxylic acids is 1. The second-order valence-electron chi connectivity index (χ2n) is 9.05. The summed E-state index contributed by atoms with van der Waals surface area (Å²) in [5.41, 5.74) is -1.51. The number of benzene rings is 2. The smallest absolute Gasteiger partial charge is 0.416 e. The Balaban J connectivity index is 2.00. The Kier molecular flexibility index (Phi) is 11.9. The van der Waals surface area contributed by atoms with Crippen molar-refractivity contribution < 1.29 is 37.3 Å². The van der Waals surface area contributed by atoms with Gasteiger partial charge in [0.1, 0.15) is 12.4 Å². The fourth-order valence-electron chi connectivity index (χ4n) is 3.87. The third-order valence-electron chi connectivity index (χ3n) is 6.16. The summed E-state index contributed by atoms with van der Waals surface area (Å²) in [7, 11) is 0. The summed E-state index contributed by atoms with van der Waals surface area (Å²) in [6, 6.07) is 10.4. The number of unbranched alkanes of at least 4 members (excludes halogenated alkanes) is 4. The number of carboxylic acids is 1. The number of anilines is 1. The maximum absolute atomic E-state index is 12.9. The highest BCUT2D eigenvalue weighted by molar-refractivity contribution is 5.89. The molecule has 0 bridgehead atoms. The monoisotopic (exact) mass is 538 g/mol. The molecule has 2 N–H and O–H groups in total. The first kappa shape index (κ1) is 31.0. The number of hydrogen-bond acceptors (Lipinski definition) is 4. The average molecular weight is 539 g/mol. The van der Waals surface area contributed by atoms with E-state index in [0.717, 1.165) is 44.2 Å². The van der Waals surface area contributed by atoms with Crippen LogP contribution in [0.4, 0.5) is 23.7 Å². The highest BCUT2D eigenvalue weighted by Crippen LogP contribution is 2.30. The Bertz CT molecular complexity index is 1010. The topological polar surface area (TPSA) is 88.1 Å². The van der Waals surface area contributed by atoms with Gasteiger partial charge in [-0.2, -0.15) is 13.2 Å². The maximum Gasteiger partial charge on any atom is 0.416 e. The van der Waals surface area contributed by atoms with Crippen molar-refractivity contribution in [3.05, 3.63) is 59.7 Å². The molecule has 1 atom stereocenters. The van der Waals surface area contributed by atoms with Crippen molar-refractivity contribution in [2.24, 2.45) is 0 Å². The Hall–Kier alpha value is -3.27. The van der Waals surface area contributed by atoms with Gasteiger partial charge in [0.15, 0.2) is 5.60 Å². The van der Waals surface area contributed by atoms with Gasteiger partial charge in [-0.3, -0.25) is 0 Å². The molecule has 2 aromatic carbocycles. The van der Waals surface area contributed by atoms with Gasteiger partial charge in [-0.05, 0) is 62.2 Å². The predicted octanol–water partition coefficient (Wildman–Crippen LogP) is 6.93. The van der Waals surface area contributed by atoms with Gasteiger partial charge < -0.3 is 24.8 Å². The predicted molar refractivity (Wildman–Crippen MR) is 139 cm³/mol. The molecule has 0 fully saturated rings. The number of carbonyl (C=O) groups excluding carboxylic acids is 1. The van der Waals surface area contributed by atoms with Gasteiger partial charge in [0.2, 0.25) is 0 Å². The minimum atomic E-state index is -4.45. The van der Waals surface area contributed by atoms with E-state index in [1.807, 2.05) is 0 Å². The summed E-state index contributed by atoms with van der Waals surface area (Å²) >= 11 is 0. The fraction of sp³-hybridized carbons (Fsp3) is 0.500. The van der Waals surface area contributed by atoms with Gasteiger partial charge in [-0.15, -0.1) is 0 Å². The summed E-state index contributed by atoms with van der Waals surface area (Å²) in [5, 5.41) is 12.2. The number of nitrogens with zero attached hydrogens (tertiary/aromatic N) is 1. The van der Waals surface area contributed by atoms with E-state index in [1.165, 1.54) is 19.1 Å². The molecule has 1 unspecified atom stereocenters. The molecule has 2 aromatic rings. The molecule has 0 aliphatic rings. The average Bonchev–Trinajstić information content (AvgIpc) is 2.87. The van der Waals surface area contributed by atoms with Crippen LogP contribution in [-0.4, -0.2) is 48.3 Å². The molecule has 0 heterocycles. The van der Waals surface area contributed by atoms with Crippen molar-refractivity contribution in [3.63, 3.8) is 0 Å². The summed E-state index contributed by atoms with van der Waals surface area (Å²) in [4.78, 5) is 26.2. The molecule has 2 rings (SSSR count). The first-order valence-electron chi connectivity index (χ1n) is 12.8. The first-order valence-corrected chi connectivity index (χ1v) is 12.8. The molecule has 0 aliphatic heterocycles. The lowest BCUT2D eigenvalue weighted by Crippen LogP contribution is -2.38. The van der Waals surface area contributed by atoms with Gasteiger partial charge >= 0.3 is 18.2 Å². The lowest BCUT2D eigenvalue weighted by molar-refractivity contribution is -0.164. The molecule has 0 saturated carbocycles. The Morgan fingerprint density at radius 2 is 1.50 bits per heavy atom. The van der Waals surface area contributed by atoms with Crippen molar-refractivity contribution in [2.75, 3.05) is 31.6 Å². The number of urea groups is 1. The Morgan fingerprint density at radius 3 is 2.05 bits per heavy atom. The normalized spacial score (nSPS) is 13.0. The molecule has 0 aromatic heterocycles. The standard InChI is InChI=1S/C28H37F3N2O5/c1-4-6-7-8-9-18-33(26(36)32-23-14-10-22(11-15-23)28(29,30)31)19-20-37-24-16-12-21(13-17-24)27(3,25(34)35)38-5-2/h10-17H,4-9,18-20H2,1-3H3,(H,32,36)(H,34,35). The highest BCUT2D eigenvalue weighted by Gasteiger charge is 2.36. The van der Waals surface area contributed by atoms with Crippen LogP contribution in [0.2, 0.25) is 0 Å². The van der Waals surface area contributed by atoms with Crippen LogP contribution in [0.1, 0.15) is 64.0 Å². The van der Waals surface area contributed by atoms with E-state index in [9.17, 15) is 27.9 Å². The van der Waals surface area contributed by atoms with Crippen LogP contribution in [-0.2, 0) is 21.3 Å². The minimum absolute atomic E-state index is 0.177. The van der Waals surface area contributed by atoms with E-state index in [-0.39, 0.29) is 25.4 Å². The van der Waals surface area contributed by atoms with Crippen LogP contribution >= 0.6 is 0 Å². The van der Waals surface area contributed by atoms with Crippen LogP contribution in [0.15, 0.2) is 48.5 Å². The second-order valence-corrected chi connectivity index (χ2v) is 9.05. The number of halogens is 3. The number of amides is 2. The third kappa shape index (κ3) is 9.24. The summed E-state index contributed by atoms with van der Waals surface area (Å²) < 4.78 is 49.7. The second kappa shape index (κ2) is 14.6. The van der Waals surface area contributed by atoms with Gasteiger partial charge in [0.25, 0.3) is 0 Å². The number of carboxylic acid groups (broad SMARTS) is 1. The van der Waals surface area contributed by atoms with E-state index in [1.54, 1.807) is 36.1 Å². The molecule has 0 saturated heterocycles. The Labute approximate surface area is 221 Å². The van der Waals surface area contributed by atoms with Crippen LogP contribution in [0.5, 0.6) is 5.75 Å². The summed E-state index contributed by atoms with van der Waals surface area (Å²) in [6.07, 6.45) is 0.577. The van der Waals surface area contributed by atoms with Gasteiger partial charge in [0, 0.05) is 18.8 Å². The largest absolute Gasteiger partial charge is 0.492 e. The SMILES string of the molecule is CCCCCCCN(CCOc1ccc(C(C)(OCC)C(=O)O)cc1)C(=O)Nc1ccc(C(F)(F)F)cc1. The molecule has 7 nitrogen and oxygen atoms in total. The number of alkyl halides is 3. The van der Waals surface area contributed by atoms with E-state index in [4.69, 9.17) is 9.47 Å². The van der Waals surface area contributed by atoms with E-state index in [0.29, 0.717) is 17.9 Å². The van der Waals surface area contributed by atoms with Crippen LogP contribution in [0.25, 0.3) is 0 Å². The van der Waals surface area contributed by atoms with Crippen molar-refractivity contribution in [2.45, 2.75) is 64.7 Å². The van der Waals surface area contributed by atoms with E-state index >= 15 is 0 Å². The van der Waals surface area contributed by atoms with Crippen molar-refractivity contribution in [3.8, 4) is 5.75 Å². The molecule has 210 valence electrons. The summed E-state index contributed by atoms with van der Waals surface area (Å²) in [5.74, 6) is -0.592. The number of hydrogen-bond donors (Lipinski definition) is 2. The van der Waals surface area contributed by atoms with Gasteiger partial charge in [-0.1, -0.05) is 44.7 Å². The van der Waals surface area contributed by atoms with Crippen LogP contribution < -0.4 is 10.1 Å². The zero-order valence-electron chi connectivity index (χ0n) is 22.1. The van der Waals surface area contributed by atoms with Crippen molar-refractivity contribution >= 4 is 17.7 Å². The van der Waals surface area contributed by atoms with E-state index in [2.05, 4.69) is 12.2 Å². The number of carbonyl (C=O) groups is 2. The Morgan fingerprint density at radius 1 is 0.895 bits per heavy atom. The molecular weight excluding hydrogens is 501 g/mol. The molecule has 10 heteroatoms. The molecule has 0 spiro atoms. The molecule has 0 aliphatic carbocycles. The van der Waals surface area contributed by atoms with Crippen LogP contribution in [0, 0.1) is 0 Å². The van der Waals surface area contributed by atoms with Crippen molar-refractivity contribution in [1.82, 2.24) is 4.90 Å². The molecule has 2 amide bonds. The van der Waals surface area contributed by atoms with Crippen molar-refractivity contribution in [1.29, 1.82) is 0 Å². The summed E-state index contributed by atoms with van der Waals surface area (Å²) in [6.45, 7) is 6.48. The molecule has 38 heavy (non-hydrogen) atoms. The third-order valence-corrected chi connectivity index (χ3v) is 6.16. The minimum Gasteiger partial charge on any atom is -0.492 e. The van der Waals surface area contributed by atoms with Gasteiger partial charge in [-0.25, -0.2) is 9.59 Å². The zero-order valence-corrected chi connectivity index (χ0v) is 22.1. The number of ether oxygens (including phenoxy) is 2. The lowest BCUT2D eigenvalue weighted by Gasteiger charge is -2.25. The quantitative estimate of drug-likeness (QED) is 0.240. The fourth-order valence-corrected chi connectivity index (χ4v) is 3.87. The van der Waals surface area contributed by atoms with E-state index < -0.39 is 29.3 Å². The molecule has 0 radical (unpaired) electrons. The zero-order chi connectivity index (χ0) is 28.2. The first-order chi connectivity index (χ1) is 18.0. The highest BCUT2D eigenvalue weighted by atomic mass is 19.4. The number of rotatable bonds is 15. The van der Waals surface area contributed by atoms with Gasteiger partial charge in [0.05, 0.1) is 12.1 Å².